The van der Waals surface area contributed by atoms with Crippen LogP contribution in [0.4, 0.5) is 23.1 Å². The minimum Gasteiger partial charge on any atom is -0.329 e. The molecule has 26 heavy (non-hydrogen) atoms. The van der Waals surface area contributed by atoms with Gasteiger partial charge in [0.15, 0.2) is 0 Å². The average Bonchev–Trinajstić information content (AvgIpc) is 2.95. The maximum atomic E-state index is 4.63. The number of nitrogens with one attached hydrogen (secondary N) is 1. The monoisotopic (exact) mass is 344 g/mol. The summed E-state index contributed by atoms with van der Waals surface area (Å²) in [5.74, 6) is 1.38. The third-order valence-electron chi connectivity index (χ3n) is 4.52. The van der Waals surface area contributed by atoms with E-state index in [1.165, 1.54) is 5.39 Å². The lowest BCUT2D eigenvalue weighted by molar-refractivity contribution is 0.751. The van der Waals surface area contributed by atoms with Crippen molar-refractivity contribution in [3.63, 3.8) is 0 Å². The smallest absolute Gasteiger partial charge is 0.229 e. The molecule has 0 bridgehead atoms. The van der Waals surface area contributed by atoms with Crippen molar-refractivity contribution in [2.45, 2.75) is 6.92 Å². The molecule has 4 aromatic rings. The molecule has 0 atom stereocenters. The van der Waals surface area contributed by atoms with Crippen LogP contribution in [0.3, 0.4) is 0 Å². The fourth-order valence-electron chi connectivity index (χ4n) is 2.91. The molecule has 2 heterocycles. The second-order valence-corrected chi connectivity index (χ2v) is 6.20. The van der Waals surface area contributed by atoms with Gasteiger partial charge < -0.3 is 10.2 Å². The standard InChI is InChI=1S/C20H20N6/c1-14-17-10-9-16(13-18(17)24-26(14)3)25(2)19-11-12-21-20(23-19)22-15-7-5-4-6-8-15/h4-13H,1-3H3,(H,21,22,23). The van der Waals surface area contributed by atoms with Crippen LogP contribution in [-0.2, 0) is 7.05 Å². The van der Waals surface area contributed by atoms with Crippen molar-refractivity contribution < 1.29 is 0 Å². The summed E-state index contributed by atoms with van der Waals surface area (Å²) in [5.41, 5.74) is 4.12. The number of nitrogens with zero attached hydrogens (tertiary/aromatic N) is 5. The van der Waals surface area contributed by atoms with Gasteiger partial charge in [-0.1, -0.05) is 18.2 Å². The van der Waals surface area contributed by atoms with E-state index >= 15 is 0 Å². The van der Waals surface area contributed by atoms with E-state index in [0.29, 0.717) is 5.95 Å². The maximum absolute atomic E-state index is 4.63. The Kier molecular flexibility index (Phi) is 4.01. The molecule has 0 aliphatic rings. The summed E-state index contributed by atoms with van der Waals surface area (Å²) in [4.78, 5) is 11.0. The molecule has 0 unspecified atom stereocenters. The average molecular weight is 344 g/mol. The molecular weight excluding hydrogens is 324 g/mol. The summed E-state index contributed by atoms with van der Waals surface area (Å²) in [6.45, 7) is 2.07. The zero-order chi connectivity index (χ0) is 18.1. The quantitative estimate of drug-likeness (QED) is 0.602. The number of aryl methyl sites for hydroxylation is 2. The van der Waals surface area contributed by atoms with E-state index in [0.717, 1.165) is 28.4 Å². The fraction of sp³-hybridized carbons (Fsp3) is 0.150. The first-order valence-corrected chi connectivity index (χ1v) is 8.44. The lowest BCUT2D eigenvalue weighted by Crippen LogP contribution is -2.12. The topological polar surface area (TPSA) is 58.9 Å². The molecule has 130 valence electrons. The Morgan fingerprint density at radius 2 is 1.85 bits per heavy atom. The number of hydrogen-bond donors (Lipinski definition) is 1. The van der Waals surface area contributed by atoms with E-state index in [4.69, 9.17) is 0 Å². The Balaban J connectivity index is 1.63. The molecule has 0 fully saturated rings. The third-order valence-corrected chi connectivity index (χ3v) is 4.52. The summed E-state index contributed by atoms with van der Waals surface area (Å²) in [5, 5.41) is 8.96. The molecule has 0 spiro atoms. The van der Waals surface area contributed by atoms with Crippen LogP contribution in [0.15, 0.2) is 60.8 Å². The summed E-state index contributed by atoms with van der Waals surface area (Å²) in [7, 11) is 3.95. The van der Waals surface area contributed by atoms with Crippen LogP contribution in [0, 0.1) is 6.92 Å². The predicted octanol–water partition coefficient (Wildman–Crippen LogP) is 4.18. The van der Waals surface area contributed by atoms with Gasteiger partial charge in [0.05, 0.1) is 5.52 Å². The lowest BCUT2D eigenvalue weighted by atomic mass is 10.2. The van der Waals surface area contributed by atoms with E-state index < -0.39 is 0 Å². The Labute approximate surface area is 152 Å². The molecule has 2 aromatic heterocycles. The van der Waals surface area contributed by atoms with Crippen LogP contribution in [0.5, 0.6) is 0 Å². The van der Waals surface area contributed by atoms with Gasteiger partial charge in [-0.3, -0.25) is 4.68 Å². The summed E-state index contributed by atoms with van der Waals surface area (Å²) in [6.07, 6.45) is 1.76. The minimum absolute atomic E-state index is 0.565. The predicted molar refractivity (Wildman–Crippen MR) is 105 cm³/mol. The Bertz CT molecular complexity index is 1050. The molecule has 0 aliphatic heterocycles. The van der Waals surface area contributed by atoms with E-state index in [1.54, 1.807) is 6.20 Å². The van der Waals surface area contributed by atoms with Crippen LogP contribution in [-0.4, -0.2) is 26.8 Å². The summed E-state index contributed by atoms with van der Waals surface area (Å²) >= 11 is 0. The number of para-hydroxylation sites is 1. The van der Waals surface area contributed by atoms with Gasteiger partial charge in [-0.15, -0.1) is 0 Å². The van der Waals surface area contributed by atoms with E-state index in [1.807, 2.05) is 60.1 Å². The number of anilines is 4. The molecule has 0 amide bonds. The van der Waals surface area contributed by atoms with Gasteiger partial charge in [0.2, 0.25) is 5.95 Å². The number of benzene rings is 2. The van der Waals surface area contributed by atoms with Crippen molar-refractivity contribution >= 4 is 34.0 Å². The Hall–Kier alpha value is -3.41. The first-order valence-electron chi connectivity index (χ1n) is 8.44. The van der Waals surface area contributed by atoms with Crippen molar-refractivity contribution in [2.75, 3.05) is 17.3 Å². The SMILES string of the molecule is Cc1c2ccc(N(C)c3ccnc(Nc4ccccc4)n3)cc2nn1C. The zero-order valence-corrected chi connectivity index (χ0v) is 15.0. The van der Waals surface area contributed by atoms with Gasteiger partial charge in [-0.2, -0.15) is 10.1 Å². The van der Waals surface area contributed by atoms with Gasteiger partial charge in [0, 0.05) is 42.7 Å². The highest BCUT2D eigenvalue weighted by molar-refractivity contribution is 5.85. The number of rotatable bonds is 4. The van der Waals surface area contributed by atoms with Gasteiger partial charge in [-0.25, -0.2) is 4.98 Å². The molecule has 6 nitrogen and oxygen atoms in total. The Morgan fingerprint density at radius 1 is 1.04 bits per heavy atom. The minimum atomic E-state index is 0.565. The second kappa shape index (κ2) is 6.48. The zero-order valence-electron chi connectivity index (χ0n) is 15.0. The van der Waals surface area contributed by atoms with Crippen molar-refractivity contribution in [3.05, 3.63) is 66.5 Å². The maximum Gasteiger partial charge on any atom is 0.229 e. The van der Waals surface area contributed by atoms with Gasteiger partial charge in [-0.05, 0) is 43.3 Å². The number of aromatic nitrogens is 4. The number of fused-ring (bicyclic) bond motifs is 1. The Morgan fingerprint density at radius 3 is 2.65 bits per heavy atom. The highest BCUT2D eigenvalue weighted by atomic mass is 15.3. The highest BCUT2D eigenvalue weighted by Crippen LogP contribution is 2.27. The van der Waals surface area contributed by atoms with Crippen LogP contribution >= 0.6 is 0 Å². The number of hydrogen-bond acceptors (Lipinski definition) is 5. The normalized spacial score (nSPS) is 10.9. The van der Waals surface area contributed by atoms with Crippen molar-refractivity contribution in [2.24, 2.45) is 7.05 Å². The first kappa shape index (κ1) is 16.1. The van der Waals surface area contributed by atoms with Crippen LogP contribution in [0.2, 0.25) is 0 Å². The van der Waals surface area contributed by atoms with Crippen LogP contribution in [0.25, 0.3) is 10.9 Å². The molecule has 6 heteroatoms. The molecule has 4 rings (SSSR count). The highest BCUT2D eigenvalue weighted by Gasteiger charge is 2.11. The summed E-state index contributed by atoms with van der Waals surface area (Å²) in [6, 6.07) is 18.1. The summed E-state index contributed by atoms with van der Waals surface area (Å²) < 4.78 is 1.90. The molecule has 0 aliphatic carbocycles. The molecule has 2 aromatic carbocycles. The molecular formula is C20H20N6. The lowest BCUT2D eigenvalue weighted by Gasteiger charge is -2.18. The van der Waals surface area contributed by atoms with Gasteiger partial charge in [0.25, 0.3) is 0 Å². The molecule has 1 N–H and O–H groups in total. The van der Waals surface area contributed by atoms with Crippen LogP contribution < -0.4 is 10.2 Å². The largest absolute Gasteiger partial charge is 0.329 e. The fourth-order valence-corrected chi connectivity index (χ4v) is 2.91. The van der Waals surface area contributed by atoms with Gasteiger partial charge >= 0.3 is 0 Å². The molecule has 0 radical (unpaired) electrons. The van der Waals surface area contributed by atoms with E-state index in [9.17, 15) is 0 Å². The van der Waals surface area contributed by atoms with E-state index in [-0.39, 0.29) is 0 Å². The van der Waals surface area contributed by atoms with Crippen molar-refractivity contribution in [1.82, 2.24) is 19.7 Å². The first-order chi connectivity index (χ1) is 12.6. The van der Waals surface area contributed by atoms with Crippen LogP contribution in [0.1, 0.15) is 5.69 Å². The molecule has 0 saturated carbocycles. The second-order valence-electron chi connectivity index (χ2n) is 6.20. The van der Waals surface area contributed by atoms with Crippen molar-refractivity contribution in [1.29, 1.82) is 0 Å². The third kappa shape index (κ3) is 2.97. The van der Waals surface area contributed by atoms with E-state index in [2.05, 4.69) is 45.5 Å². The van der Waals surface area contributed by atoms with Crippen molar-refractivity contribution in [3.8, 4) is 0 Å². The van der Waals surface area contributed by atoms with Gasteiger partial charge in [0.1, 0.15) is 5.82 Å². The molecule has 0 saturated heterocycles.